The maximum absolute atomic E-state index is 13.0. The zero-order chi connectivity index (χ0) is 103. The van der Waals surface area contributed by atoms with Crippen molar-refractivity contribution in [1.82, 2.24) is 0 Å². The molecule has 0 bridgehead atoms. The second-order valence-electron chi connectivity index (χ2n) is 32.2. The van der Waals surface area contributed by atoms with Gasteiger partial charge < -0.3 is 81.7 Å². The molecule has 0 spiro atoms. The summed E-state index contributed by atoms with van der Waals surface area (Å²) in [5, 5.41) is 168. The molecule has 16 aromatic heterocycles. The quantitative estimate of drug-likeness (QED) is 0.0168. The lowest BCUT2D eigenvalue weighted by Crippen LogP contribution is -2.00. The summed E-state index contributed by atoms with van der Waals surface area (Å²) in [5.74, 6) is -20.0. The molecule has 16 heterocycles. The first-order valence-corrected chi connectivity index (χ1v) is 55.0. The van der Waals surface area contributed by atoms with E-state index in [1.807, 2.05) is 0 Å². The minimum atomic E-state index is -1.32. The summed E-state index contributed by atoms with van der Waals surface area (Å²) >= 11 is 17.5. The van der Waals surface area contributed by atoms with Gasteiger partial charge in [0.15, 0.2) is 0 Å². The van der Waals surface area contributed by atoms with Crippen LogP contribution in [0.3, 0.4) is 0 Å². The Kier molecular flexibility index (Phi) is 31.2. The highest BCUT2D eigenvalue weighted by Crippen LogP contribution is 2.59. The predicted octanol–water partition coefficient (Wildman–Crippen LogP) is 21.7. The van der Waals surface area contributed by atoms with Crippen molar-refractivity contribution in [1.29, 1.82) is 0 Å². The number of aliphatic carboxylic acids is 16. The first-order valence-electron chi connectivity index (χ1n) is 41.8. The molecule has 16 aromatic rings. The molecule has 738 valence electrons. The van der Waals surface area contributed by atoms with Gasteiger partial charge >= 0.3 is 95.5 Å². The van der Waals surface area contributed by atoms with Crippen LogP contribution in [0.2, 0.25) is 0 Å². The minimum absolute atomic E-state index is 0.182. The number of carboxylic acids is 16. The summed E-state index contributed by atoms with van der Waals surface area (Å²) in [7, 11) is 0. The zero-order valence-electron chi connectivity index (χ0n) is 72.9. The number of rotatable bonds is 47. The molecular formula is C96H66O32S16. The lowest BCUT2D eigenvalue weighted by atomic mass is 10.1. The predicted molar refractivity (Wildman–Crippen MR) is 555 cm³/mol. The molecule has 0 saturated carbocycles. The van der Waals surface area contributed by atoms with E-state index in [2.05, 4.69) is 0 Å². The average Bonchev–Trinajstić information content (AvgIpc) is 1.60. The van der Waals surface area contributed by atoms with E-state index < -0.39 is 185 Å². The second-order valence-corrected chi connectivity index (χ2v) is 48.8. The highest BCUT2D eigenvalue weighted by atomic mass is 32.2. The van der Waals surface area contributed by atoms with Crippen LogP contribution in [-0.4, -0.2) is 177 Å². The molecule has 0 aromatic carbocycles. The Balaban J connectivity index is 0.746. The standard InChI is InChI=1S/C96H66O32S16/c97-66(98)4-35-3-51(130-34-35)83-37(20-68(101)102)6-53(132-83)85-39(22-70(105)106)8-55(134-85)87-41(24-72(109)110)10-57(136-87)89-43(26-74(113)114)12-59(138-89)91-45(28-76(117)118)14-61(140-91)93-47(30-78(121)122)16-63(142-93)95-49(32-80(125)126)18-65(144-95)96-50(33-81(127)128)17-64(143-96)94-48(31-79(123)124)15-62(141-94)92-46(29-77(119)120)13-60(139-92)90-44(27-75(115)116)11-58(137-90)88-42(25-73(111)112)9-56(135-88)86-40(23-71(107)108)7-54(133-86)84-38(21-69(103)104)5-52(131-84)82-36(1-2-129-82)19-67(99)100/h1-3,5-18,34H,4,19-33H2,(H,97,98)(H,99,100)(H,101,102)(H,103,104)(H,105,106)(H,107,108)(H,109,110)(H,111,112)(H,113,114)(H,115,116)(H,117,118)(H,119,120)(H,121,122)(H,123,124)(H,125,126)(H,127,128). The van der Waals surface area contributed by atoms with Gasteiger partial charge in [0.1, 0.15) is 0 Å². The van der Waals surface area contributed by atoms with Crippen LogP contribution in [-0.2, 0) is 179 Å². The molecule has 0 amide bonds. The van der Waals surface area contributed by atoms with Crippen LogP contribution in [0.15, 0.2) is 108 Å². The van der Waals surface area contributed by atoms with Crippen molar-refractivity contribution in [3.8, 4) is 146 Å². The molecule has 0 aliphatic carbocycles. The first-order chi connectivity index (χ1) is 68.4. The van der Waals surface area contributed by atoms with Gasteiger partial charge in [-0.25, -0.2) is 0 Å². The van der Waals surface area contributed by atoms with Crippen LogP contribution in [0.4, 0.5) is 0 Å². The molecule has 0 aliphatic rings. The van der Waals surface area contributed by atoms with E-state index in [1.54, 1.807) is 89.6 Å². The van der Waals surface area contributed by atoms with Gasteiger partial charge in [0.25, 0.3) is 0 Å². The normalized spacial score (nSPS) is 11.4. The van der Waals surface area contributed by atoms with Gasteiger partial charge in [-0.15, -0.1) is 181 Å². The average molecular weight is 2240 g/mol. The van der Waals surface area contributed by atoms with E-state index in [0.717, 1.165) is 147 Å². The Morgan fingerprint density at radius 2 is 0.271 bits per heavy atom. The summed E-state index contributed by atoms with van der Waals surface area (Å²) in [6, 6.07) is 25.3. The van der Waals surface area contributed by atoms with Crippen molar-refractivity contribution in [2.75, 3.05) is 0 Å². The highest BCUT2D eigenvalue weighted by molar-refractivity contribution is 7.35. The first kappa shape index (κ1) is 104. The number of carbonyl (C=O) groups is 16. The largest absolute Gasteiger partial charge is 0.481 e. The van der Waals surface area contributed by atoms with E-state index in [0.29, 0.717) is 174 Å². The van der Waals surface area contributed by atoms with Crippen molar-refractivity contribution in [2.24, 2.45) is 0 Å². The van der Waals surface area contributed by atoms with Gasteiger partial charge in [-0.05, 0) is 197 Å². The fourth-order valence-corrected chi connectivity index (χ4v) is 36.7. The Morgan fingerprint density at radius 1 is 0.146 bits per heavy atom. The van der Waals surface area contributed by atoms with Crippen LogP contribution in [0.1, 0.15) is 89.0 Å². The summed E-state index contributed by atoms with van der Waals surface area (Å²) < 4.78 is 0. The van der Waals surface area contributed by atoms with Crippen LogP contribution in [0.25, 0.3) is 146 Å². The van der Waals surface area contributed by atoms with Crippen LogP contribution < -0.4 is 0 Å². The van der Waals surface area contributed by atoms with E-state index in [9.17, 15) is 158 Å². The number of hydrogen-bond donors (Lipinski definition) is 16. The number of hydrogen-bond acceptors (Lipinski definition) is 32. The maximum Gasteiger partial charge on any atom is 0.307 e. The number of thiophene rings is 16. The van der Waals surface area contributed by atoms with E-state index >= 15 is 0 Å². The SMILES string of the molecule is O=C(O)Cc1csc(-c2sc(-c3sc(-c4sc(-c5sc(-c6sc(-c7sc(-c8sc(-c9sc(-c%10sc(-c%11sc(-c%12sc(-c%13sc(-c%14sc(-c%15sc(-c%16sccc%16CC(=O)O)cc%15CC(=O)O)cc%14CC(=O)O)cc%13CC(=O)O)cc%12CC(=O)O)cc%11CC(=O)O)cc%10CC(=O)O)cc9CC(=O)O)cc8CC(=O)O)cc7CC(=O)O)cc6CC(=O)O)cc5CC(=O)O)cc4CC(=O)O)cc3CC(=O)O)cc2CC(=O)O)c1. The Bertz CT molecular complexity index is 7780. The smallest absolute Gasteiger partial charge is 0.307 e. The third kappa shape index (κ3) is 23.7. The summed E-state index contributed by atoms with van der Waals surface area (Å²) in [5.41, 5.74) is 4.32. The molecule has 0 radical (unpaired) electrons. The molecule has 0 fully saturated rings. The van der Waals surface area contributed by atoms with Crippen LogP contribution in [0, 0.1) is 0 Å². The Morgan fingerprint density at radius 3 is 0.410 bits per heavy atom. The minimum Gasteiger partial charge on any atom is -0.481 e. The van der Waals surface area contributed by atoms with Gasteiger partial charge in [0.05, 0.1) is 103 Å². The monoisotopic (exact) mass is 2240 g/mol. The summed E-state index contributed by atoms with van der Waals surface area (Å²) in [4.78, 5) is 214. The molecule has 144 heavy (non-hydrogen) atoms. The molecule has 16 rings (SSSR count). The third-order valence-corrected chi connectivity index (χ3v) is 42.7. The van der Waals surface area contributed by atoms with E-state index in [-0.39, 0.29) is 74.0 Å². The summed E-state index contributed by atoms with van der Waals surface area (Å²) in [6.07, 6.45) is -8.78. The van der Waals surface area contributed by atoms with Crippen molar-refractivity contribution in [2.45, 2.75) is 103 Å². The Labute approximate surface area is 873 Å². The van der Waals surface area contributed by atoms with Crippen LogP contribution >= 0.6 is 181 Å². The fraction of sp³-hybridized carbons (Fsp3) is 0.167. The van der Waals surface area contributed by atoms with E-state index in [4.69, 9.17) is 0 Å². The van der Waals surface area contributed by atoms with Gasteiger partial charge in [-0.1, -0.05) is 0 Å². The Hall–Kier alpha value is -13.3. The maximum atomic E-state index is 13.0. The van der Waals surface area contributed by atoms with Crippen LogP contribution in [0.5, 0.6) is 0 Å². The van der Waals surface area contributed by atoms with Gasteiger partial charge in [0.2, 0.25) is 0 Å². The lowest BCUT2D eigenvalue weighted by Gasteiger charge is -1.98. The third-order valence-electron chi connectivity index (χ3n) is 21.6. The van der Waals surface area contributed by atoms with Gasteiger partial charge in [-0.3, -0.25) is 76.7 Å². The molecule has 0 unspecified atom stereocenters. The molecule has 16 N–H and O–H groups in total. The molecule has 48 heteroatoms. The molecule has 0 atom stereocenters. The van der Waals surface area contributed by atoms with Crippen molar-refractivity contribution >= 4 is 277 Å². The molecular weight excluding hydrogens is 2180 g/mol. The van der Waals surface area contributed by atoms with Gasteiger partial charge in [-0.2, -0.15) is 0 Å². The highest BCUT2D eigenvalue weighted by Gasteiger charge is 2.35. The molecule has 0 saturated heterocycles. The van der Waals surface area contributed by atoms with Gasteiger partial charge in [0, 0.05) is 146 Å². The molecule has 0 aliphatic heterocycles. The van der Waals surface area contributed by atoms with Crippen molar-refractivity contribution in [3.05, 3.63) is 197 Å². The van der Waals surface area contributed by atoms with Crippen molar-refractivity contribution < 1.29 is 158 Å². The fourth-order valence-electron chi connectivity index (χ4n) is 16.2. The van der Waals surface area contributed by atoms with E-state index in [1.165, 1.54) is 52.2 Å². The zero-order valence-corrected chi connectivity index (χ0v) is 86.0. The number of carboxylic acid groups (broad SMARTS) is 16. The molecule has 32 nitrogen and oxygen atoms in total. The summed E-state index contributed by atoms with van der Waals surface area (Å²) in [6.45, 7) is 0. The topological polar surface area (TPSA) is 597 Å². The van der Waals surface area contributed by atoms with Crippen molar-refractivity contribution in [3.63, 3.8) is 0 Å². The second kappa shape index (κ2) is 43.3. The lowest BCUT2D eigenvalue weighted by molar-refractivity contribution is -0.137.